The lowest BCUT2D eigenvalue weighted by molar-refractivity contribution is -0.131. The first kappa shape index (κ1) is 15.7. The number of hydrogen-bond acceptors (Lipinski definition) is 5. The molecule has 2 heterocycles. The van der Waals surface area contributed by atoms with Crippen molar-refractivity contribution in [3.05, 3.63) is 41.8 Å². The van der Waals surface area contributed by atoms with Crippen LogP contribution in [0.2, 0.25) is 0 Å². The second-order valence-corrected chi connectivity index (χ2v) is 5.63. The molecule has 6 heteroatoms. The third-order valence-electron chi connectivity index (χ3n) is 3.83. The Bertz CT molecular complexity index is 668. The number of rotatable bonds is 3. The van der Waals surface area contributed by atoms with Crippen LogP contribution >= 0.6 is 0 Å². The number of oxazole rings is 1. The number of ether oxygens (including phenoxy) is 1. The van der Waals surface area contributed by atoms with Crippen LogP contribution in [-0.4, -0.2) is 53.3 Å². The molecule has 6 nitrogen and oxygen atoms in total. The number of amides is 1. The number of aliphatic hydroxyl groups excluding tert-OH is 1. The van der Waals surface area contributed by atoms with Gasteiger partial charge in [-0.25, -0.2) is 4.98 Å². The number of carbonyl (C=O) groups is 1. The van der Waals surface area contributed by atoms with Crippen molar-refractivity contribution >= 4 is 5.91 Å². The van der Waals surface area contributed by atoms with Gasteiger partial charge in [-0.1, -0.05) is 18.2 Å². The number of nitrogens with zero attached hydrogens (tertiary/aromatic N) is 2. The Labute approximate surface area is 134 Å². The quantitative estimate of drug-likeness (QED) is 0.926. The second kappa shape index (κ2) is 6.93. The summed E-state index contributed by atoms with van der Waals surface area (Å²) in [6, 6.07) is 9.59. The van der Waals surface area contributed by atoms with E-state index in [1.54, 1.807) is 4.90 Å². The number of β-amino-alcohol motifs (C(OH)–C–C–N with tert-alkyl or cyclic N) is 1. The largest absolute Gasteiger partial charge is 0.441 e. The summed E-state index contributed by atoms with van der Waals surface area (Å²) in [5.74, 6) is 1.08. The lowest BCUT2D eigenvalue weighted by atomic mass is 10.2. The van der Waals surface area contributed by atoms with Gasteiger partial charge in [-0.2, -0.15) is 0 Å². The second-order valence-electron chi connectivity index (χ2n) is 5.63. The summed E-state index contributed by atoms with van der Waals surface area (Å²) in [4.78, 5) is 18.5. The molecule has 1 aromatic heterocycles. The van der Waals surface area contributed by atoms with E-state index < -0.39 is 6.10 Å². The number of aromatic nitrogens is 1. The minimum atomic E-state index is -0.639. The molecule has 1 saturated heterocycles. The van der Waals surface area contributed by atoms with Gasteiger partial charge in [-0.05, 0) is 19.1 Å². The molecule has 2 aromatic rings. The minimum absolute atomic E-state index is 0.0782. The summed E-state index contributed by atoms with van der Waals surface area (Å²) < 4.78 is 10.9. The van der Waals surface area contributed by atoms with Crippen molar-refractivity contribution in [3.8, 4) is 11.5 Å². The third-order valence-corrected chi connectivity index (χ3v) is 3.83. The van der Waals surface area contributed by atoms with Crippen LogP contribution in [0.25, 0.3) is 11.5 Å². The standard InChI is InChI=1S/C17H20N2O4/c1-12-15(18-17(23-12)13-5-3-2-4-6-13)9-16(21)19-7-8-22-11-14(20)10-19/h2-6,14,20H,7-11H2,1H3/t14-/m1/s1. The topological polar surface area (TPSA) is 75.8 Å². The molecule has 0 saturated carbocycles. The van der Waals surface area contributed by atoms with Crippen molar-refractivity contribution in [1.29, 1.82) is 0 Å². The molecule has 0 aliphatic carbocycles. The van der Waals surface area contributed by atoms with E-state index in [1.807, 2.05) is 37.3 Å². The van der Waals surface area contributed by atoms with Gasteiger partial charge in [0.25, 0.3) is 0 Å². The zero-order chi connectivity index (χ0) is 16.2. The predicted molar refractivity (Wildman–Crippen MR) is 83.8 cm³/mol. The van der Waals surface area contributed by atoms with Gasteiger partial charge < -0.3 is 19.2 Å². The van der Waals surface area contributed by atoms with Gasteiger partial charge in [0.1, 0.15) is 5.76 Å². The molecule has 1 atom stereocenters. The van der Waals surface area contributed by atoms with Gasteiger partial charge in [0, 0.05) is 18.7 Å². The van der Waals surface area contributed by atoms with E-state index in [9.17, 15) is 9.90 Å². The highest BCUT2D eigenvalue weighted by molar-refractivity contribution is 5.78. The average molecular weight is 316 g/mol. The van der Waals surface area contributed by atoms with E-state index in [0.29, 0.717) is 37.0 Å². The molecule has 23 heavy (non-hydrogen) atoms. The van der Waals surface area contributed by atoms with E-state index in [-0.39, 0.29) is 18.9 Å². The summed E-state index contributed by atoms with van der Waals surface area (Å²) in [5.41, 5.74) is 1.52. The first-order valence-corrected chi connectivity index (χ1v) is 7.69. The molecule has 0 bridgehead atoms. The fourth-order valence-electron chi connectivity index (χ4n) is 2.57. The number of aliphatic hydroxyl groups is 1. The molecule has 3 rings (SSSR count). The van der Waals surface area contributed by atoms with Gasteiger partial charge in [-0.3, -0.25) is 4.79 Å². The number of carbonyl (C=O) groups excluding carboxylic acids is 1. The highest BCUT2D eigenvalue weighted by atomic mass is 16.5. The highest BCUT2D eigenvalue weighted by Crippen LogP contribution is 2.22. The molecular formula is C17H20N2O4. The van der Waals surface area contributed by atoms with Crippen LogP contribution in [0.4, 0.5) is 0 Å². The fourth-order valence-corrected chi connectivity index (χ4v) is 2.57. The lowest BCUT2D eigenvalue weighted by Gasteiger charge is -2.20. The average Bonchev–Trinajstić information content (AvgIpc) is 2.77. The fraction of sp³-hybridized carbons (Fsp3) is 0.412. The van der Waals surface area contributed by atoms with Crippen molar-refractivity contribution in [1.82, 2.24) is 9.88 Å². The van der Waals surface area contributed by atoms with Gasteiger partial charge >= 0.3 is 0 Å². The maximum absolute atomic E-state index is 12.4. The van der Waals surface area contributed by atoms with E-state index in [0.717, 1.165) is 5.56 Å². The first-order valence-electron chi connectivity index (χ1n) is 7.69. The molecule has 1 aliphatic heterocycles. The Hall–Kier alpha value is -2.18. The van der Waals surface area contributed by atoms with E-state index in [1.165, 1.54) is 0 Å². The van der Waals surface area contributed by atoms with Crippen LogP contribution < -0.4 is 0 Å². The van der Waals surface area contributed by atoms with Crippen molar-refractivity contribution in [2.45, 2.75) is 19.4 Å². The Morgan fingerprint density at radius 3 is 2.96 bits per heavy atom. The van der Waals surface area contributed by atoms with Crippen molar-refractivity contribution < 1.29 is 19.1 Å². The van der Waals surface area contributed by atoms with Crippen LogP contribution in [0.5, 0.6) is 0 Å². The zero-order valence-electron chi connectivity index (χ0n) is 13.1. The number of aryl methyl sites for hydroxylation is 1. The van der Waals surface area contributed by atoms with Crippen LogP contribution in [0.15, 0.2) is 34.7 Å². The molecule has 1 amide bonds. The molecule has 1 N–H and O–H groups in total. The highest BCUT2D eigenvalue weighted by Gasteiger charge is 2.23. The molecule has 0 unspecified atom stereocenters. The smallest absolute Gasteiger partial charge is 0.228 e. The van der Waals surface area contributed by atoms with Gasteiger partial charge in [0.2, 0.25) is 11.8 Å². The third kappa shape index (κ3) is 3.78. The Kier molecular flexibility index (Phi) is 4.73. The summed E-state index contributed by atoms with van der Waals surface area (Å²) in [6.07, 6.45) is -0.478. The van der Waals surface area contributed by atoms with Gasteiger partial charge in [-0.15, -0.1) is 0 Å². The van der Waals surface area contributed by atoms with Crippen LogP contribution in [0.3, 0.4) is 0 Å². The number of hydrogen-bond donors (Lipinski definition) is 1. The molecule has 1 fully saturated rings. The van der Waals surface area contributed by atoms with Gasteiger partial charge in [0.15, 0.2) is 0 Å². The molecule has 122 valence electrons. The lowest BCUT2D eigenvalue weighted by Crippen LogP contribution is -2.38. The maximum Gasteiger partial charge on any atom is 0.228 e. The van der Waals surface area contributed by atoms with Crippen molar-refractivity contribution in [2.75, 3.05) is 26.3 Å². The van der Waals surface area contributed by atoms with Crippen LogP contribution in [-0.2, 0) is 16.0 Å². The maximum atomic E-state index is 12.4. The summed E-state index contributed by atoms with van der Waals surface area (Å²) in [7, 11) is 0. The molecule has 0 spiro atoms. The summed E-state index contributed by atoms with van der Waals surface area (Å²) in [5, 5.41) is 9.73. The molecular weight excluding hydrogens is 296 g/mol. The predicted octanol–water partition coefficient (Wildman–Crippen LogP) is 1.41. The van der Waals surface area contributed by atoms with Crippen LogP contribution in [0.1, 0.15) is 11.5 Å². The van der Waals surface area contributed by atoms with Crippen LogP contribution in [0, 0.1) is 6.92 Å². The summed E-state index contributed by atoms with van der Waals surface area (Å²) >= 11 is 0. The Balaban J connectivity index is 1.72. The van der Waals surface area contributed by atoms with Crippen molar-refractivity contribution in [2.24, 2.45) is 0 Å². The van der Waals surface area contributed by atoms with E-state index >= 15 is 0 Å². The molecule has 0 radical (unpaired) electrons. The number of benzene rings is 1. The minimum Gasteiger partial charge on any atom is -0.441 e. The molecule has 1 aromatic carbocycles. The molecule has 1 aliphatic rings. The zero-order valence-corrected chi connectivity index (χ0v) is 13.1. The van der Waals surface area contributed by atoms with E-state index in [4.69, 9.17) is 9.15 Å². The first-order chi connectivity index (χ1) is 11.1. The van der Waals surface area contributed by atoms with Crippen molar-refractivity contribution in [3.63, 3.8) is 0 Å². The Morgan fingerprint density at radius 1 is 1.39 bits per heavy atom. The van der Waals surface area contributed by atoms with Gasteiger partial charge in [0.05, 0.1) is 31.4 Å². The summed E-state index contributed by atoms with van der Waals surface area (Å²) in [6.45, 7) is 3.29. The normalized spacial score (nSPS) is 18.7. The SMILES string of the molecule is Cc1oc(-c2ccccc2)nc1CC(=O)N1CCOC[C@H](O)C1. The monoisotopic (exact) mass is 316 g/mol. The Morgan fingerprint density at radius 2 is 2.17 bits per heavy atom. The van der Waals surface area contributed by atoms with E-state index in [2.05, 4.69) is 4.98 Å².